The molecule has 128 valence electrons. The van der Waals surface area contributed by atoms with E-state index in [1.807, 2.05) is 4.90 Å². The van der Waals surface area contributed by atoms with Crippen molar-refractivity contribution in [3.8, 4) is 0 Å². The van der Waals surface area contributed by atoms with E-state index in [1.165, 1.54) is 6.42 Å². The summed E-state index contributed by atoms with van der Waals surface area (Å²) in [5, 5.41) is 15.6. The van der Waals surface area contributed by atoms with Crippen LogP contribution in [0.1, 0.15) is 51.7 Å². The van der Waals surface area contributed by atoms with Crippen molar-refractivity contribution in [2.24, 2.45) is 10.8 Å². The summed E-state index contributed by atoms with van der Waals surface area (Å²) in [6.45, 7) is 7.94. The second-order valence-corrected chi connectivity index (χ2v) is 8.09. The lowest BCUT2D eigenvalue weighted by Gasteiger charge is -2.39. The molecule has 3 rings (SSSR count). The van der Waals surface area contributed by atoms with Crippen LogP contribution in [0.2, 0.25) is 0 Å². The number of carbonyl (C=O) groups is 1. The second kappa shape index (κ2) is 5.78. The van der Waals surface area contributed by atoms with Gasteiger partial charge in [-0.15, -0.1) is 0 Å². The molecule has 23 heavy (non-hydrogen) atoms. The zero-order valence-electron chi connectivity index (χ0n) is 14.1. The van der Waals surface area contributed by atoms with E-state index in [-0.39, 0.29) is 23.9 Å². The van der Waals surface area contributed by atoms with Crippen LogP contribution in [0.5, 0.6) is 0 Å². The summed E-state index contributed by atoms with van der Waals surface area (Å²) in [7, 11) is 0. The van der Waals surface area contributed by atoms with Crippen molar-refractivity contribution in [3.63, 3.8) is 0 Å². The van der Waals surface area contributed by atoms with Crippen molar-refractivity contribution in [2.75, 3.05) is 13.1 Å². The molecule has 2 fully saturated rings. The van der Waals surface area contributed by atoms with E-state index < -0.39 is 0 Å². The second-order valence-electron chi connectivity index (χ2n) is 8.09. The van der Waals surface area contributed by atoms with E-state index in [1.54, 1.807) is 0 Å². The molecule has 2 atom stereocenters. The number of carbonyl (C=O) groups excluding carboxylic acids is 1. The Morgan fingerprint density at radius 3 is 2.91 bits per heavy atom. The molecule has 1 unspecified atom stereocenters. The highest BCUT2D eigenvalue weighted by Gasteiger charge is 2.50. The van der Waals surface area contributed by atoms with Crippen LogP contribution in [0.25, 0.3) is 0 Å². The zero-order chi connectivity index (χ0) is 16.7. The minimum atomic E-state index is -0.261. The van der Waals surface area contributed by atoms with Crippen LogP contribution < -0.4 is 5.32 Å². The molecular weight excluding hydrogens is 296 g/mol. The molecule has 1 aromatic rings. The van der Waals surface area contributed by atoms with Gasteiger partial charge in [0.15, 0.2) is 5.82 Å². The number of amides is 2. The predicted octanol–water partition coefficient (Wildman–Crippen LogP) is 1.71. The average molecular weight is 322 g/mol. The highest BCUT2D eigenvalue weighted by molar-refractivity contribution is 5.75. The van der Waals surface area contributed by atoms with Crippen molar-refractivity contribution in [1.82, 2.24) is 20.4 Å². The van der Waals surface area contributed by atoms with Crippen molar-refractivity contribution in [1.29, 1.82) is 0 Å². The Labute approximate surface area is 136 Å². The molecule has 2 amide bonds. The summed E-state index contributed by atoms with van der Waals surface area (Å²) in [6.07, 6.45) is 3.85. The van der Waals surface area contributed by atoms with Crippen LogP contribution in [-0.2, 0) is 13.0 Å². The van der Waals surface area contributed by atoms with Gasteiger partial charge in [0.1, 0.15) is 6.61 Å². The number of hydrogen-bond donors (Lipinski definition) is 2. The Morgan fingerprint density at radius 1 is 1.43 bits per heavy atom. The maximum atomic E-state index is 12.5. The number of aliphatic hydroxyl groups excluding tert-OH is 1. The lowest BCUT2D eigenvalue weighted by Crippen LogP contribution is -2.44. The molecule has 1 saturated heterocycles. The quantitative estimate of drug-likeness (QED) is 0.880. The monoisotopic (exact) mass is 322 g/mol. The highest BCUT2D eigenvalue weighted by atomic mass is 16.5. The molecule has 1 aliphatic heterocycles. The van der Waals surface area contributed by atoms with Gasteiger partial charge in [-0.2, -0.15) is 4.98 Å². The minimum Gasteiger partial charge on any atom is -0.387 e. The minimum absolute atomic E-state index is 0.00213. The van der Waals surface area contributed by atoms with Gasteiger partial charge in [0.25, 0.3) is 5.89 Å². The molecule has 2 aliphatic rings. The molecule has 1 aromatic heterocycles. The molecule has 7 nitrogen and oxygen atoms in total. The fraction of sp³-hybridized carbons (Fsp3) is 0.812. The number of nitrogens with zero attached hydrogens (tertiary/aromatic N) is 3. The number of fused-ring (bicyclic) bond motifs is 2. The van der Waals surface area contributed by atoms with Gasteiger partial charge >= 0.3 is 6.03 Å². The Morgan fingerprint density at radius 2 is 2.22 bits per heavy atom. The van der Waals surface area contributed by atoms with Gasteiger partial charge in [0.2, 0.25) is 0 Å². The smallest absolute Gasteiger partial charge is 0.317 e. The van der Waals surface area contributed by atoms with E-state index in [0.717, 1.165) is 19.4 Å². The maximum absolute atomic E-state index is 12.5. The van der Waals surface area contributed by atoms with Crippen molar-refractivity contribution in [3.05, 3.63) is 11.7 Å². The van der Waals surface area contributed by atoms with Crippen LogP contribution in [0, 0.1) is 10.8 Å². The lowest BCUT2D eigenvalue weighted by atomic mass is 9.65. The Balaban J connectivity index is 1.53. The Bertz CT molecular complexity index is 586. The van der Waals surface area contributed by atoms with Crippen LogP contribution >= 0.6 is 0 Å². The largest absolute Gasteiger partial charge is 0.387 e. The van der Waals surface area contributed by atoms with Crippen molar-refractivity contribution >= 4 is 6.03 Å². The topological polar surface area (TPSA) is 91.5 Å². The molecule has 2 bridgehead atoms. The van der Waals surface area contributed by atoms with Crippen LogP contribution in [0.3, 0.4) is 0 Å². The van der Waals surface area contributed by atoms with Gasteiger partial charge in [-0.3, -0.25) is 0 Å². The van der Waals surface area contributed by atoms with Crippen LogP contribution in [0.15, 0.2) is 4.52 Å². The summed E-state index contributed by atoms with van der Waals surface area (Å²) in [6, 6.07) is 0.345. The zero-order valence-corrected chi connectivity index (χ0v) is 14.1. The predicted molar refractivity (Wildman–Crippen MR) is 83.6 cm³/mol. The average Bonchev–Trinajstić information content (AvgIpc) is 2.99. The molecule has 2 heterocycles. The van der Waals surface area contributed by atoms with E-state index in [0.29, 0.717) is 30.2 Å². The van der Waals surface area contributed by atoms with E-state index >= 15 is 0 Å². The summed E-state index contributed by atoms with van der Waals surface area (Å²) >= 11 is 0. The fourth-order valence-corrected chi connectivity index (χ4v) is 4.54. The molecule has 2 N–H and O–H groups in total. The maximum Gasteiger partial charge on any atom is 0.317 e. The van der Waals surface area contributed by atoms with Crippen molar-refractivity contribution < 1.29 is 14.4 Å². The van der Waals surface area contributed by atoms with Gasteiger partial charge in [0, 0.05) is 25.6 Å². The van der Waals surface area contributed by atoms with Crippen LogP contribution in [-0.4, -0.2) is 45.3 Å². The first-order valence-electron chi connectivity index (χ1n) is 8.27. The first-order chi connectivity index (χ1) is 10.8. The fourth-order valence-electron chi connectivity index (χ4n) is 4.54. The van der Waals surface area contributed by atoms with Gasteiger partial charge in [-0.25, -0.2) is 4.79 Å². The number of likely N-dealkylation sites (tertiary alicyclic amines) is 1. The number of urea groups is 1. The van der Waals surface area contributed by atoms with E-state index in [4.69, 9.17) is 9.63 Å². The Kier molecular flexibility index (Phi) is 4.08. The standard InChI is InChI=1S/C16H26N4O3/c1-15(2)6-11-7-16(3,9-15)10-20(11)14(22)17-5-4-12-18-13(8-21)23-19-12/h11,21H,4-10H2,1-3H3,(H,17,22)/t11?,16-/m1/s1. The normalized spacial score (nSPS) is 28.9. The number of aromatic nitrogens is 2. The summed E-state index contributed by atoms with van der Waals surface area (Å²) in [4.78, 5) is 18.5. The number of nitrogens with one attached hydrogen (secondary N) is 1. The van der Waals surface area contributed by atoms with Crippen molar-refractivity contribution in [2.45, 2.75) is 59.1 Å². The van der Waals surface area contributed by atoms with E-state index in [2.05, 4.69) is 36.2 Å². The number of aliphatic hydroxyl groups is 1. The third kappa shape index (κ3) is 3.49. The third-order valence-electron chi connectivity index (χ3n) is 4.95. The molecule has 1 aliphatic carbocycles. The molecule has 0 spiro atoms. The Hall–Kier alpha value is -1.63. The van der Waals surface area contributed by atoms with Gasteiger partial charge in [-0.05, 0) is 30.1 Å². The molecule has 7 heteroatoms. The first kappa shape index (κ1) is 16.2. The van der Waals surface area contributed by atoms with E-state index in [9.17, 15) is 4.79 Å². The third-order valence-corrected chi connectivity index (χ3v) is 4.95. The summed E-state index contributed by atoms with van der Waals surface area (Å²) in [5.41, 5.74) is 0.547. The van der Waals surface area contributed by atoms with Gasteiger partial charge < -0.3 is 19.8 Å². The molecule has 1 saturated carbocycles. The van der Waals surface area contributed by atoms with Gasteiger partial charge in [0.05, 0.1) is 0 Å². The molecule has 0 radical (unpaired) electrons. The lowest BCUT2D eigenvalue weighted by molar-refractivity contribution is 0.129. The first-order valence-corrected chi connectivity index (χ1v) is 8.27. The summed E-state index contributed by atoms with van der Waals surface area (Å²) < 4.78 is 4.83. The molecule has 0 aromatic carbocycles. The SMILES string of the molecule is CC1(C)CC2C[C@@](C)(CN2C(=O)NCCc2noc(CO)n2)C1. The molecular formula is C16H26N4O3. The number of hydrogen-bond acceptors (Lipinski definition) is 5. The van der Waals surface area contributed by atoms with Crippen LogP contribution in [0.4, 0.5) is 4.79 Å². The summed E-state index contributed by atoms with van der Waals surface area (Å²) in [5.74, 6) is 0.706. The number of rotatable bonds is 4. The van der Waals surface area contributed by atoms with Gasteiger partial charge in [-0.1, -0.05) is 25.9 Å². The highest BCUT2D eigenvalue weighted by Crippen LogP contribution is 2.52.